The molecule has 4 amide bonds. The Labute approximate surface area is 339 Å². The van der Waals surface area contributed by atoms with Gasteiger partial charge in [-0.3, -0.25) is 28.8 Å². The van der Waals surface area contributed by atoms with Crippen LogP contribution in [0, 0.1) is 41.9 Å². The summed E-state index contributed by atoms with van der Waals surface area (Å²) in [4.78, 5) is 62.1. The number of ether oxygens (including phenoxy) is 1. The van der Waals surface area contributed by atoms with Crippen molar-refractivity contribution < 1.29 is 29.0 Å². The molecule has 3 fully saturated rings. The van der Waals surface area contributed by atoms with Crippen LogP contribution in [0.25, 0.3) is 26.7 Å². The lowest BCUT2D eigenvalue weighted by molar-refractivity contribution is -0.132. The third-order valence-electron chi connectivity index (χ3n) is 12.8. The van der Waals surface area contributed by atoms with Gasteiger partial charge in [0.2, 0.25) is 23.6 Å². The van der Waals surface area contributed by atoms with Gasteiger partial charge in [-0.15, -0.1) is 11.3 Å². The van der Waals surface area contributed by atoms with Crippen molar-refractivity contribution in [2.75, 3.05) is 16.9 Å². The molecule has 4 heterocycles. The number of halogens is 1. The molecule has 4 aliphatic rings. The third kappa shape index (κ3) is 5.53. The van der Waals surface area contributed by atoms with Crippen LogP contribution in [0.2, 0.25) is 5.02 Å². The number of aromatic nitrogens is 2. The number of carbonyl (C=O) groups excluding carboxylic acids is 4. The Morgan fingerprint density at radius 3 is 2.49 bits per heavy atom. The van der Waals surface area contributed by atoms with E-state index in [1.807, 2.05) is 74.5 Å². The minimum absolute atomic E-state index is 0.00358. The first-order chi connectivity index (χ1) is 27.3. The molecule has 2 aromatic heterocycles. The summed E-state index contributed by atoms with van der Waals surface area (Å²) in [5.41, 5.74) is 3.68. The highest BCUT2D eigenvalue weighted by molar-refractivity contribution is 7.22. The molecule has 0 bridgehead atoms. The van der Waals surface area contributed by atoms with Gasteiger partial charge in [-0.1, -0.05) is 60.5 Å². The van der Waals surface area contributed by atoms with Gasteiger partial charge in [0.05, 0.1) is 40.8 Å². The maximum absolute atomic E-state index is 15.1. The van der Waals surface area contributed by atoms with Crippen molar-refractivity contribution in [3.05, 3.63) is 106 Å². The number of imide groups is 2. The van der Waals surface area contributed by atoms with E-state index in [4.69, 9.17) is 21.4 Å². The number of fused-ring (bicyclic) bond motifs is 5. The molecular weight excluding hydrogens is 760 g/mol. The van der Waals surface area contributed by atoms with E-state index in [-0.39, 0.29) is 35.8 Å². The molecule has 9 rings (SSSR count). The average Bonchev–Trinajstić information content (AvgIpc) is 3.88. The summed E-state index contributed by atoms with van der Waals surface area (Å²) in [6.45, 7) is 5.92. The molecule has 2 saturated heterocycles. The summed E-state index contributed by atoms with van der Waals surface area (Å²) in [6, 6.07) is 20.1. The lowest BCUT2D eigenvalue weighted by Crippen LogP contribution is -2.49. The fourth-order valence-electron chi connectivity index (χ4n) is 9.79. The largest absolute Gasteiger partial charge is 0.504 e. The number of amides is 4. The van der Waals surface area contributed by atoms with Gasteiger partial charge >= 0.3 is 0 Å². The van der Waals surface area contributed by atoms with Gasteiger partial charge in [0, 0.05) is 28.8 Å². The molecule has 57 heavy (non-hydrogen) atoms. The van der Waals surface area contributed by atoms with E-state index in [1.165, 1.54) is 16.9 Å². The molecule has 2 aliphatic heterocycles. The number of phenols is 1. The molecule has 0 spiro atoms. The van der Waals surface area contributed by atoms with Crippen LogP contribution in [0.1, 0.15) is 43.4 Å². The highest BCUT2D eigenvalue weighted by Gasteiger charge is 2.67. The SMILES string of the molecule is CCc1ccc(N2C(=O)C3CC=C4C(CC5C(=O)N(c6cc(-c7sc8ccc(Cl)cc8c7C)nn6C)C(=O)C5(C)C4C=Cc4ccc(O)c(OC)c4)C3C2=O)cc1. The molecular formula is C45H41ClN4O6S. The topological polar surface area (TPSA) is 122 Å². The number of phenolic OH excluding ortho intramolecular Hbond substituents is 1. The van der Waals surface area contributed by atoms with Crippen LogP contribution in [0.4, 0.5) is 11.5 Å². The van der Waals surface area contributed by atoms with Gasteiger partial charge < -0.3 is 9.84 Å². The zero-order valence-electron chi connectivity index (χ0n) is 32.2. The van der Waals surface area contributed by atoms with Crippen LogP contribution in [-0.4, -0.2) is 45.6 Å². The first-order valence-corrected chi connectivity index (χ1v) is 20.4. The summed E-state index contributed by atoms with van der Waals surface area (Å²) in [5, 5.41) is 16.7. The summed E-state index contributed by atoms with van der Waals surface area (Å²) in [5.74, 6) is -3.64. The molecule has 6 atom stereocenters. The highest BCUT2D eigenvalue weighted by Crippen LogP contribution is 2.61. The molecule has 0 radical (unpaired) electrons. The number of carbonyl (C=O) groups is 4. The van der Waals surface area contributed by atoms with Gasteiger partial charge in [0.25, 0.3) is 0 Å². The van der Waals surface area contributed by atoms with E-state index in [1.54, 1.807) is 47.3 Å². The number of anilines is 2. The number of hydrogen-bond donors (Lipinski definition) is 1. The predicted molar refractivity (Wildman–Crippen MR) is 221 cm³/mol. The minimum atomic E-state index is -1.22. The Morgan fingerprint density at radius 1 is 0.982 bits per heavy atom. The van der Waals surface area contributed by atoms with E-state index < -0.39 is 35.0 Å². The number of thiophene rings is 1. The molecule has 6 unspecified atom stereocenters. The molecule has 290 valence electrons. The van der Waals surface area contributed by atoms with Crippen molar-refractivity contribution in [3.63, 3.8) is 0 Å². The quantitative estimate of drug-likeness (QED) is 0.129. The molecule has 3 aromatic carbocycles. The number of allylic oxidation sites excluding steroid dienone is 3. The van der Waals surface area contributed by atoms with Gasteiger partial charge in [0.15, 0.2) is 11.5 Å². The normalized spacial score (nSPS) is 25.7. The Kier molecular flexibility index (Phi) is 8.82. The van der Waals surface area contributed by atoms with Crippen molar-refractivity contribution >= 4 is 74.2 Å². The summed E-state index contributed by atoms with van der Waals surface area (Å²) in [7, 11) is 3.21. The summed E-state index contributed by atoms with van der Waals surface area (Å²) in [6.07, 6.45) is 7.26. The molecule has 2 aliphatic carbocycles. The molecule has 1 N–H and O–H groups in total. The second-order valence-corrected chi connectivity index (χ2v) is 17.2. The van der Waals surface area contributed by atoms with Gasteiger partial charge in [-0.2, -0.15) is 5.10 Å². The van der Waals surface area contributed by atoms with Gasteiger partial charge in [-0.25, -0.2) is 4.90 Å². The van der Waals surface area contributed by atoms with Crippen LogP contribution in [0.3, 0.4) is 0 Å². The number of hydrogen-bond acceptors (Lipinski definition) is 8. The molecule has 1 saturated carbocycles. The fraction of sp³-hybridized carbons (Fsp3) is 0.311. The monoisotopic (exact) mass is 800 g/mol. The fourth-order valence-corrected chi connectivity index (χ4v) is 11.1. The van der Waals surface area contributed by atoms with Crippen molar-refractivity contribution in [3.8, 4) is 22.1 Å². The first-order valence-electron chi connectivity index (χ1n) is 19.2. The van der Waals surface area contributed by atoms with Crippen LogP contribution in [0.5, 0.6) is 11.5 Å². The van der Waals surface area contributed by atoms with Crippen LogP contribution >= 0.6 is 22.9 Å². The van der Waals surface area contributed by atoms with E-state index in [0.717, 1.165) is 43.6 Å². The zero-order valence-corrected chi connectivity index (χ0v) is 33.7. The first kappa shape index (κ1) is 37.1. The van der Waals surface area contributed by atoms with Crippen LogP contribution in [0.15, 0.2) is 84.5 Å². The highest BCUT2D eigenvalue weighted by atomic mass is 35.5. The molecule has 5 aromatic rings. The minimum Gasteiger partial charge on any atom is -0.504 e. The Morgan fingerprint density at radius 2 is 1.75 bits per heavy atom. The third-order valence-corrected chi connectivity index (χ3v) is 14.4. The maximum Gasteiger partial charge on any atom is 0.242 e. The lowest BCUT2D eigenvalue weighted by Gasteiger charge is -2.47. The summed E-state index contributed by atoms with van der Waals surface area (Å²) < 4.78 is 8.00. The van der Waals surface area contributed by atoms with Crippen molar-refractivity contribution in [2.24, 2.45) is 42.1 Å². The van der Waals surface area contributed by atoms with Crippen molar-refractivity contribution in [1.29, 1.82) is 0 Å². The standard InChI is InChI=1S/C45H41ClN4O6S/c1-6-24-7-12-27(13-8-24)49-41(52)29-15-14-28-31(39(29)43(49)54)21-33-42(53)50(44(55)45(33,3)32(28)16-9-25-10-17-35(51)36(19-25)56-5)38-22-34(47-48(38)4)40-23(2)30-20-26(46)11-18-37(30)57-40/h7-14,16-20,22,29,31-33,39,51H,6,15,21H2,1-5H3. The maximum atomic E-state index is 15.1. The number of aromatic hydroxyl groups is 1. The van der Waals surface area contributed by atoms with Crippen LogP contribution in [-0.2, 0) is 32.6 Å². The van der Waals surface area contributed by atoms with E-state index >= 15 is 4.79 Å². The Hall–Kier alpha value is -5.52. The predicted octanol–water partition coefficient (Wildman–Crippen LogP) is 8.52. The number of rotatable bonds is 7. The Balaban J connectivity index is 1.13. The second kappa shape index (κ2) is 13.6. The number of aryl methyl sites for hydroxylation is 3. The van der Waals surface area contributed by atoms with E-state index in [9.17, 15) is 19.5 Å². The van der Waals surface area contributed by atoms with E-state index in [0.29, 0.717) is 34.4 Å². The van der Waals surface area contributed by atoms with Crippen molar-refractivity contribution in [1.82, 2.24) is 9.78 Å². The zero-order chi connectivity index (χ0) is 40.1. The average molecular weight is 801 g/mol. The summed E-state index contributed by atoms with van der Waals surface area (Å²) >= 11 is 7.91. The van der Waals surface area contributed by atoms with Crippen LogP contribution < -0.4 is 14.5 Å². The van der Waals surface area contributed by atoms with Gasteiger partial charge in [-0.05, 0) is 104 Å². The Bertz CT molecular complexity index is 2610. The van der Waals surface area contributed by atoms with E-state index in [2.05, 4.69) is 6.92 Å². The molecule has 10 nitrogen and oxygen atoms in total. The number of nitrogens with zero attached hydrogens (tertiary/aromatic N) is 4. The molecule has 12 heteroatoms. The van der Waals surface area contributed by atoms with Crippen molar-refractivity contribution in [2.45, 2.75) is 40.0 Å². The number of methoxy groups -OCH3 is 1. The number of benzene rings is 3. The lowest BCUT2D eigenvalue weighted by atomic mass is 9.52. The smallest absolute Gasteiger partial charge is 0.242 e. The van der Waals surface area contributed by atoms with Gasteiger partial charge in [0.1, 0.15) is 11.5 Å². The second-order valence-electron chi connectivity index (χ2n) is 15.7.